The Morgan fingerprint density at radius 1 is 1.10 bits per heavy atom. The van der Waals surface area contributed by atoms with Gasteiger partial charge in [-0.05, 0) is 43.3 Å². The summed E-state index contributed by atoms with van der Waals surface area (Å²) in [7, 11) is 0. The number of nitrogens with zero attached hydrogens (tertiary/aromatic N) is 1. The highest BCUT2D eigenvalue weighted by Gasteiger charge is 2.00. The van der Waals surface area contributed by atoms with Gasteiger partial charge in [-0.15, -0.1) is 0 Å². The lowest BCUT2D eigenvalue weighted by molar-refractivity contribution is 0.215. The smallest absolute Gasteiger partial charge is 0.140 e. The molecule has 112 valence electrons. The SMILES string of the molecule is CCNCc1cccc(OCCOc2cccnc2C)c1. The Balaban J connectivity index is 1.77. The van der Waals surface area contributed by atoms with Crippen LogP contribution in [0.1, 0.15) is 18.2 Å². The molecular weight excluding hydrogens is 264 g/mol. The molecule has 0 aliphatic rings. The molecule has 0 spiro atoms. The number of hydrogen-bond donors (Lipinski definition) is 1. The lowest BCUT2D eigenvalue weighted by Crippen LogP contribution is -2.12. The Labute approximate surface area is 126 Å². The molecule has 0 atom stereocenters. The normalized spacial score (nSPS) is 10.4. The molecule has 0 unspecified atom stereocenters. The zero-order valence-electron chi connectivity index (χ0n) is 12.6. The molecule has 0 bridgehead atoms. The first kappa shape index (κ1) is 15.3. The molecule has 0 radical (unpaired) electrons. The van der Waals surface area contributed by atoms with Crippen LogP contribution in [0.3, 0.4) is 0 Å². The molecule has 0 aliphatic heterocycles. The predicted octanol–water partition coefficient (Wildman–Crippen LogP) is 2.96. The van der Waals surface area contributed by atoms with Gasteiger partial charge in [-0.1, -0.05) is 19.1 Å². The molecule has 0 saturated heterocycles. The summed E-state index contributed by atoms with van der Waals surface area (Å²) in [5.74, 6) is 1.68. The number of aryl methyl sites for hydroxylation is 1. The average molecular weight is 286 g/mol. The van der Waals surface area contributed by atoms with Crippen LogP contribution in [0.5, 0.6) is 11.5 Å². The van der Waals surface area contributed by atoms with Gasteiger partial charge in [-0.2, -0.15) is 0 Å². The Bertz CT molecular complexity index is 558. The Hall–Kier alpha value is -2.07. The fraction of sp³-hybridized carbons (Fsp3) is 0.353. The van der Waals surface area contributed by atoms with Crippen LogP contribution in [-0.4, -0.2) is 24.7 Å². The first-order chi connectivity index (χ1) is 10.3. The predicted molar refractivity (Wildman–Crippen MR) is 83.8 cm³/mol. The lowest BCUT2D eigenvalue weighted by Gasteiger charge is -2.10. The summed E-state index contributed by atoms with van der Waals surface area (Å²) >= 11 is 0. The second-order valence-corrected chi connectivity index (χ2v) is 4.71. The van der Waals surface area contributed by atoms with Crippen molar-refractivity contribution in [3.8, 4) is 11.5 Å². The molecule has 0 amide bonds. The molecule has 1 heterocycles. The molecule has 0 fully saturated rings. The zero-order valence-corrected chi connectivity index (χ0v) is 12.6. The summed E-state index contributed by atoms with van der Waals surface area (Å²) in [6.45, 7) is 6.87. The minimum absolute atomic E-state index is 0.504. The van der Waals surface area contributed by atoms with Gasteiger partial charge in [-0.3, -0.25) is 4.98 Å². The van der Waals surface area contributed by atoms with Crippen LogP contribution in [-0.2, 0) is 6.54 Å². The van der Waals surface area contributed by atoms with E-state index in [4.69, 9.17) is 9.47 Å². The number of nitrogens with one attached hydrogen (secondary N) is 1. The summed E-state index contributed by atoms with van der Waals surface area (Å²) in [4.78, 5) is 4.18. The second-order valence-electron chi connectivity index (χ2n) is 4.71. The van der Waals surface area contributed by atoms with Gasteiger partial charge < -0.3 is 14.8 Å². The van der Waals surface area contributed by atoms with Gasteiger partial charge in [0.05, 0.1) is 5.69 Å². The highest BCUT2D eigenvalue weighted by atomic mass is 16.5. The van der Waals surface area contributed by atoms with Crippen LogP contribution < -0.4 is 14.8 Å². The summed E-state index contributed by atoms with van der Waals surface area (Å²) in [5.41, 5.74) is 2.11. The quantitative estimate of drug-likeness (QED) is 0.758. The average Bonchev–Trinajstić information content (AvgIpc) is 2.51. The molecule has 0 aliphatic carbocycles. The number of ether oxygens (including phenoxy) is 2. The van der Waals surface area contributed by atoms with E-state index in [1.54, 1.807) is 6.20 Å². The molecule has 1 aromatic heterocycles. The van der Waals surface area contributed by atoms with Crippen molar-refractivity contribution in [2.45, 2.75) is 20.4 Å². The zero-order chi connectivity index (χ0) is 14.9. The van der Waals surface area contributed by atoms with Crippen LogP contribution in [0.15, 0.2) is 42.6 Å². The maximum Gasteiger partial charge on any atom is 0.140 e. The molecule has 4 nitrogen and oxygen atoms in total. The summed E-state index contributed by atoms with van der Waals surface area (Å²) < 4.78 is 11.4. The van der Waals surface area contributed by atoms with Crippen molar-refractivity contribution in [1.29, 1.82) is 0 Å². The lowest BCUT2D eigenvalue weighted by atomic mass is 10.2. The van der Waals surface area contributed by atoms with E-state index >= 15 is 0 Å². The van der Waals surface area contributed by atoms with Crippen LogP contribution in [0.2, 0.25) is 0 Å². The maximum absolute atomic E-state index is 5.72. The molecular formula is C17H22N2O2. The largest absolute Gasteiger partial charge is 0.490 e. The van der Waals surface area contributed by atoms with Gasteiger partial charge in [0.25, 0.3) is 0 Å². The number of aromatic nitrogens is 1. The summed E-state index contributed by atoms with van der Waals surface area (Å²) in [5, 5.41) is 3.30. The van der Waals surface area contributed by atoms with E-state index in [1.807, 2.05) is 31.2 Å². The van der Waals surface area contributed by atoms with Crippen molar-refractivity contribution in [1.82, 2.24) is 10.3 Å². The van der Waals surface area contributed by atoms with E-state index in [1.165, 1.54) is 5.56 Å². The number of rotatable bonds is 8. The van der Waals surface area contributed by atoms with E-state index in [-0.39, 0.29) is 0 Å². The maximum atomic E-state index is 5.72. The van der Waals surface area contributed by atoms with E-state index in [9.17, 15) is 0 Å². The van der Waals surface area contributed by atoms with Gasteiger partial charge in [0.1, 0.15) is 24.7 Å². The van der Waals surface area contributed by atoms with Crippen molar-refractivity contribution in [2.24, 2.45) is 0 Å². The van der Waals surface area contributed by atoms with E-state index < -0.39 is 0 Å². The van der Waals surface area contributed by atoms with Crippen LogP contribution >= 0.6 is 0 Å². The third-order valence-electron chi connectivity index (χ3n) is 3.05. The fourth-order valence-electron chi connectivity index (χ4n) is 1.95. The Kier molecular flexibility index (Phi) is 6.03. The molecule has 1 aromatic carbocycles. The van der Waals surface area contributed by atoms with E-state index in [2.05, 4.69) is 29.4 Å². The van der Waals surface area contributed by atoms with Crippen LogP contribution in [0.4, 0.5) is 0 Å². The third-order valence-corrected chi connectivity index (χ3v) is 3.05. The van der Waals surface area contributed by atoms with Crippen molar-refractivity contribution in [2.75, 3.05) is 19.8 Å². The molecule has 0 saturated carbocycles. The molecule has 21 heavy (non-hydrogen) atoms. The van der Waals surface area contributed by atoms with Gasteiger partial charge >= 0.3 is 0 Å². The van der Waals surface area contributed by atoms with Gasteiger partial charge in [0, 0.05) is 12.7 Å². The first-order valence-electron chi connectivity index (χ1n) is 7.26. The monoisotopic (exact) mass is 286 g/mol. The van der Waals surface area contributed by atoms with Crippen molar-refractivity contribution in [3.63, 3.8) is 0 Å². The van der Waals surface area contributed by atoms with E-state index in [0.29, 0.717) is 13.2 Å². The first-order valence-corrected chi connectivity index (χ1v) is 7.26. The minimum atomic E-state index is 0.504. The number of hydrogen-bond acceptors (Lipinski definition) is 4. The molecule has 2 rings (SSSR count). The highest BCUT2D eigenvalue weighted by Crippen LogP contribution is 2.15. The topological polar surface area (TPSA) is 43.4 Å². The third kappa shape index (κ3) is 5.08. The second kappa shape index (κ2) is 8.27. The Morgan fingerprint density at radius 2 is 1.95 bits per heavy atom. The molecule has 1 N–H and O–H groups in total. The summed E-state index contributed by atoms with van der Waals surface area (Å²) in [6.07, 6.45) is 1.76. The van der Waals surface area contributed by atoms with Gasteiger partial charge in [0.2, 0.25) is 0 Å². The van der Waals surface area contributed by atoms with Crippen LogP contribution in [0, 0.1) is 6.92 Å². The van der Waals surface area contributed by atoms with Crippen LogP contribution in [0.25, 0.3) is 0 Å². The number of benzene rings is 1. The van der Waals surface area contributed by atoms with Crippen molar-refractivity contribution >= 4 is 0 Å². The summed E-state index contributed by atoms with van der Waals surface area (Å²) in [6, 6.07) is 11.9. The highest BCUT2D eigenvalue weighted by molar-refractivity contribution is 5.28. The Morgan fingerprint density at radius 3 is 2.76 bits per heavy atom. The molecule has 4 heteroatoms. The standard InChI is InChI=1S/C17H22N2O2/c1-3-18-13-15-6-4-7-16(12-15)20-10-11-21-17-8-5-9-19-14(17)2/h4-9,12,18H,3,10-11,13H2,1-2H3. The van der Waals surface area contributed by atoms with Crippen molar-refractivity contribution < 1.29 is 9.47 Å². The fourth-order valence-corrected chi connectivity index (χ4v) is 1.95. The molecule has 2 aromatic rings. The van der Waals surface area contributed by atoms with Crippen molar-refractivity contribution in [3.05, 3.63) is 53.9 Å². The number of pyridine rings is 1. The van der Waals surface area contributed by atoms with Gasteiger partial charge in [0.15, 0.2) is 0 Å². The van der Waals surface area contributed by atoms with Gasteiger partial charge in [-0.25, -0.2) is 0 Å². The van der Waals surface area contributed by atoms with E-state index in [0.717, 1.165) is 30.3 Å². The minimum Gasteiger partial charge on any atom is -0.490 e.